The van der Waals surface area contributed by atoms with E-state index in [0.717, 1.165) is 41.2 Å². The maximum atomic E-state index is 12.9. The van der Waals surface area contributed by atoms with Crippen LogP contribution in [0, 0.1) is 6.92 Å². The molecule has 7 nitrogen and oxygen atoms in total. The third-order valence-electron chi connectivity index (χ3n) is 9.42. The van der Waals surface area contributed by atoms with Crippen LogP contribution in [0.1, 0.15) is 83.4 Å². The predicted molar refractivity (Wildman–Crippen MR) is 188 cm³/mol. The molecule has 1 N–H and O–H groups in total. The molecule has 250 valence electrons. The monoisotopic (exact) mass is 714 g/mol. The first-order valence-electron chi connectivity index (χ1n) is 16.1. The molecule has 2 aliphatic rings. The molecule has 0 aromatic heterocycles. The molecule has 5 rings (SSSR count). The van der Waals surface area contributed by atoms with Gasteiger partial charge in [0.25, 0.3) is 10.1 Å². The minimum atomic E-state index is -3.82. The number of aliphatic hydroxyl groups is 1. The molecular weight excluding hydrogens is 667 g/mol. The lowest BCUT2D eigenvalue weighted by Gasteiger charge is -2.33. The van der Waals surface area contributed by atoms with Crippen molar-refractivity contribution in [1.29, 1.82) is 0 Å². The predicted octanol–water partition coefficient (Wildman–Crippen LogP) is 7.32. The van der Waals surface area contributed by atoms with Crippen LogP contribution in [-0.2, 0) is 33.8 Å². The highest BCUT2D eigenvalue weighted by molar-refractivity contribution is 9.10. The van der Waals surface area contributed by atoms with Crippen molar-refractivity contribution in [1.82, 2.24) is 0 Å². The maximum Gasteiger partial charge on any atom is 0.494 e. The summed E-state index contributed by atoms with van der Waals surface area (Å²) in [5.41, 5.74) is 5.87. The van der Waals surface area contributed by atoms with E-state index in [1.54, 1.807) is 31.4 Å². The van der Waals surface area contributed by atoms with Gasteiger partial charge < -0.3 is 19.2 Å². The van der Waals surface area contributed by atoms with E-state index in [1.165, 1.54) is 22.3 Å². The zero-order valence-corrected chi connectivity index (χ0v) is 30.6. The highest BCUT2D eigenvalue weighted by atomic mass is 79.9. The van der Waals surface area contributed by atoms with Crippen LogP contribution in [-0.4, -0.2) is 58.8 Å². The molecule has 3 aromatic rings. The lowest BCUT2D eigenvalue weighted by atomic mass is 9.69. The van der Waals surface area contributed by atoms with E-state index in [1.807, 2.05) is 6.92 Å². The van der Waals surface area contributed by atoms with Crippen LogP contribution >= 0.6 is 15.9 Å². The Labute approximate surface area is 284 Å². The lowest BCUT2D eigenvalue weighted by molar-refractivity contribution is 0.00578. The molecule has 0 spiro atoms. The molecule has 0 bridgehead atoms. The Morgan fingerprint density at radius 2 is 1.43 bits per heavy atom. The second-order valence-electron chi connectivity index (χ2n) is 13.2. The summed E-state index contributed by atoms with van der Waals surface area (Å²) in [4.78, 5) is 0.191. The van der Waals surface area contributed by atoms with Gasteiger partial charge in [-0.15, -0.1) is 0 Å². The molecule has 1 fully saturated rings. The van der Waals surface area contributed by atoms with Crippen LogP contribution in [0.3, 0.4) is 0 Å². The molecular formula is C36H48BBrO7S. The summed E-state index contributed by atoms with van der Waals surface area (Å²) in [6, 6.07) is 19.9. The average Bonchev–Trinajstić information content (AvgIpc) is 3.40. The van der Waals surface area contributed by atoms with E-state index < -0.39 is 28.4 Å². The van der Waals surface area contributed by atoms with Crippen molar-refractivity contribution < 1.29 is 31.8 Å². The molecule has 1 aliphatic carbocycles. The minimum Gasteiger partial charge on any atom is -0.399 e. The number of halogens is 1. The topological polar surface area (TPSA) is 91.3 Å². The lowest BCUT2D eigenvalue weighted by Crippen LogP contribution is -2.41. The summed E-state index contributed by atoms with van der Waals surface area (Å²) < 4.78 is 49.6. The van der Waals surface area contributed by atoms with Gasteiger partial charge in [-0.25, -0.2) is 0 Å². The summed E-state index contributed by atoms with van der Waals surface area (Å²) in [6.45, 7) is 13.1. The number of hydrogen-bond acceptors (Lipinski definition) is 7. The molecule has 1 heterocycles. The Morgan fingerprint density at radius 1 is 0.848 bits per heavy atom. The van der Waals surface area contributed by atoms with Gasteiger partial charge in [-0.2, -0.15) is 8.42 Å². The summed E-state index contributed by atoms with van der Waals surface area (Å²) in [5, 5.41) is 7.94. The highest BCUT2D eigenvalue weighted by Gasteiger charge is 2.52. The van der Waals surface area contributed by atoms with E-state index in [-0.39, 0.29) is 23.5 Å². The fourth-order valence-corrected chi connectivity index (χ4v) is 7.46. The van der Waals surface area contributed by atoms with E-state index in [9.17, 15) is 8.42 Å². The molecule has 0 amide bonds. The fraction of sp³-hybridized carbons (Fsp3) is 0.500. The number of methoxy groups -OCH3 is 1. The van der Waals surface area contributed by atoms with Gasteiger partial charge in [0, 0.05) is 17.0 Å². The molecule has 1 atom stereocenters. The second kappa shape index (κ2) is 15.0. The van der Waals surface area contributed by atoms with Gasteiger partial charge >= 0.3 is 7.12 Å². The zero-order valence-electron chi connectivity index (χ0n) is 28.2. The largest absolute Gasteiger partial charge is 0.494 e. The number of rotatable bonds is 12. The zero-order chi connectivity index (χ0) is 33.8. The first kappa shape index (κ1) is 36.8. The summed E-state index contributed by atoms with van der Waals surface area (Å²) in [7, 11) is -2.72. The van der Waals surface area contributed by atoms with Crippen LogP contribution in [0.5, 0.6) is 0 Å². The molecule has 1 aliphatic heterocycles. The van der Waals surface area contributed by atoms with Crippen LogP contribution < -0.4 is 5.46 Å². The van der Waals surface area contributed by atoms with Crippen molar-refractivity contribution in [3.8, 4) is 11.1 Å². The van der Waals surface area contributed by atoms with E-state index >= 15 is 0 Å². The van der Waals surface area contributed by atoms with Gasteiger partial charge in [0.2, 0.25) is 0 Å². The molecule has 0 saturated carbocycles. The molecule has 0 radical (unpaired) electrons. The Hall–Kier alpha value is -2.05. The van der Waals surface area contributed by atoms with Gasteiger partial charge in [-0.3, -0.25) is 4.18 Å². The number of hydrogen-bond donors (Lipinski definition) is 1. The van der Waals surface area contributed by atoms with Crippen LogP contribution in [0.15, 0.2) is 70.0 Å². The van der Waals surface area contributed by atoms with Gasteiger partial charge in [0.05, 0.1) is 35.9 Å². The van der Waals surface area contributed by atoms with Crippen LogP contribution in [0.4, 0.5) is 0 Å². The quantitative estimate of drug-likeness (QED) is 0.119. The minimum absolute atomic E-state index is 0.122. The molecule has 1 unspecified atom stereocenters. The number of aryl methyl sites for hydroxylation is 1. The third kappa shape index (κ3) is 7.80. The Bertz CT molecular complexity index is 1570. The molecule has 46 heavy (non-hydrogen) atoms. The Kier molecular flexibility index (Phi) is 12.0. The van der Waals surface area contributed by atoms with Gasteiger partial charge in [0.1, 0.15) is 0 Å². The first-order valence-corrected chi connectivity index (χ1v) is 18.3. The number of aliphatic hydroxyl groups excluding tert-OH is 1. The number of fused-ring (bicyclic) bond motifs is 3. The van der Waals surface area contributed by atoms with Crippen LogP contribution in [0.25, 0.3) is 11.1 Å². The average molecular weight is 716 g/mol. The van der Waals surface area contributed by atoms with E-state index in [4.69, 9.17) is 18.6 Å². The fourth-order valence-electron chi connectivity index (χ4n) is 6.16. The van der Waals surface area contributed by atoms with Crippen molar-refractivity contribution in [2.24, 2.45) is 0 Å². The molecule has 1 saturated heterocycles. The summed E-state index contributed by atoms with van der Waals surface area (Å²) >= 11 is 3.72. The molecule has 10 heteroatoms. The van der Waals surface area contributed by atoms with Crippen molar-refractivity contribution in [2.45, 2.75) is 95.2 Å². The first-order chi connectivity index (χ1) is 21.7. The number of benzene rings is 3. The van der Waals surface area contributed by atoms with Gasteiger partial charge in [-0.05, 0) is 106 Å². The van der Waals surface area contributed by atoms with Crippen molar-refractivity contribution in [2.75, 3.05) is 26.9 Å². The SMILES string of the molecule is CCCCC1(CCCOS(=O)(=O)c2ccc(C)cc2)c2cc(Br)ccc2-c2ccc(B3OC(C)(C)C(C)(C)O3)cc21.COCCO. The van der Waals surface area contributed by atoms with Crippen LogP contribution in [0.2, 0.25) is 0 Å². The maximum absolute atomic E-state index is 12.9. The molecule has 3 aromatic carbocycles. The van der Waals surface area contributed by atoms with E-state index in [0.29, 0.717) is 13.0 Å². The second-order valence-corrected chi connectivity index (χ2v) is 15.7. The van der Waals surface area contributed by atoms with E-state index in [2.05, 4.69) is 91.7 Å². The van der Waals surface area contributed by atoms with Crippen molar-refractivity contribution in [3.63, 3.8) is 0 Å². The smallest absolute Gasteiger partial charge is 0.399 e. The summed E-state index contributed by atoms with van der Waals surface area (Å²) in [5.74, 6) is 0. The standard InChI is InChI=1S/C33H40BBrO5S.C3H8O2/c1-7-8-18-33(19-9-20-38-41(36,37)26-14-10-23(2)11-15-26)29-21-24(34-39-31(3,4)32(5,6)40-34)12-16-27(29)28-17-13-25(35)22-30(28)33;1-5-3-2-4/h10-17,21-22H,7-9,18-20H2,1-6H3;4H,2-3H2,1H3. The number of ether oxygens (including phenoxy) is 1. The van der Waals surface area contributed by atoms with Crippen molar-refractivity contribution in [3.05, 3.63) is 81.8 Å². The Balaban J connectivity index is 0.000000892. The van der Waals surface area contributed by atoms with Gasteiger partial charge in [-0.1, -0.05) is 77.7 Å². The number of unbranched alkanes of at least 4 members (excludes halogenated alkanes) is 1. The summed E-state index contributed by atoms with van der Waals surface area (Å²) in [6.07, 6.45) is 4.43. The third-order valence-corrected chi connectivity index (χ3v) is 11.2. The van der Waals surface area contributed by atoms with Gasteiger partial charge in [0.15, 0.2) is 0 Å². The highest BCUT2D eigenvalue weighted by Crippen LogP contribution is 2.54. The Morgan fingerprint density at radius 3 is 2.00 bits per heavy atom. The van der Waals surface area contributed by atoms with Crippen molar-refractivity contribution >= 4 is 38.6 Å². The normalized spacial score (nSPS) is 19.4.